The molecular formula is C14H16F3NO3. The number of nitrogens with zero attached hydrogens (tertiary/aromatic N) is 1. The Morgan fingerprint density at radius 3 is 2.57 bits per heavy atom. The summed E-state index contributed by atoms with van der Waals surface area (Å²) in [6.45, 7) is 3.02. The maximum Gasteiger partial charge on any atom is 0.416 e. The van der Waals surface area contributed by atoms with Gasteiger partial charge < -0.3 is 14.4 Å². The number of hydrogen-bond acceptors (Lipinski definition) is 3. The fourth-order valence-corrected chi connectivity index (χ4v) is 2.05. The Kier molecular flexibility index (Phi) is 4.72. The van der Waals surface area contributed by atoms with Crippen LogP contribution in [0.3, 0.4) is 0 Å². The van der Waals surface area contributed by atoms with Crippen molar-refractivity contribution in [3.8, 4) is 5.75 Å². The number of halogens is 3. The van der Waals surface area contributed by atoms with Gasteiger partial charge in [-0.3, -0.25) is 4.79 Å². The highest BCUT2D eigenvalue weighted by molar-refractivity contribution is 5.73. The van der Waals surface area contributed by atoms with Crippen LogP contribution in [0.2, 0.25) is 0 Å². The fraction of sp³-hybridized carbons (Fsp3) is 0.500. The molecule has 116 valence electrons. The Morgan fingerprint density at radius 2 is 2.00 bits per heavy atom. The van der Waals surface area contributed by atoms with E-state index in [9.17, 15) is 18.0 Å². The van der Waals surface area contributed by atoms with Gasteiger partial charge in [0.15, 0.2) is 0 Å². The molecule has 21 heavy (non-hydrogen) atoms. The molecule has 0 N–H and O–H groups in total. The molecule has 1 aromatic carbocycles. The van der Waals surface area contributed by atoms with Gasteiger partial charge in [-0.1, -0.05) is 0 Å². The Balaban J connectivity index is 2.01. The largest absolute Gasteiger partial charge is 0.486 e. The smallest absolute Gasteiger partial charge is 0.416 e. The first-order valence-electron chi connectivity index (χ1n) is 6.53. The van der Waals surface area contributed by atoms with Gasteiger partial charge >= 0.3 is 6.18 Å². The second-order valence-corrected chi connectivity index (χ2v) is 4.80. The van der Waals surface area contributed by atoms with Gasteiger partial charge in [0.1, 0.15) is 11.9 Å². The van der Waals surface area contributed by atoms with Gasteiger partial charge in [0, 0.05) is 13.5 Å². The summed E-state index contributed by atoms with van der Waals surface area (Å²) in [4.78, 5) is 13.0. The number of amides is 1. The molecule has 0 unspecified atom stereocenters. The first kappa shape index (κ1) is 15.6. The number of carbonyl (C=O) groups is 1. The number of alkyl halides is 3. The third-order valence-corrected chi connectivity index (χ3v) is 3.16. The molecule has 1 aliphatic heterocycles. The molecule has 1 atom stereocenters. The zero-order chi connectivity index (χ0) is 15.5. The lowest BCUT2D eigenvalue weighted by Gasteiger charge is -2.23. The molecule has 0 aliphatic carbocycles. The van der Waals surface area contributed by atoms with Crippen molar-refractivity contribution in [2.24, 2.45) is 0 Å². The van der Waals surface area contributed by atoms with Crippen LogP contribution in [-0.2, 0) is 15.7 Å². The quantitative estimate of drug-likeness (QED) is 0.842. The predicted octanol–water partition coefficient (Wildman–Crippen LogP) is 2.33. The molecule has 0 saturated carbocycles. The minimum atomic E-state index is -4.37. The van der Waals surface area contributed by atoms with E-state index < -0.39 is 17.8 Å². The SMILES string of the molecule is CC(=O)N1CCOC[C@H](Oc2ccc(C(F)(F)F)cc2)C1. The van der Waals surface area contributed by atoms with Crippen molar-refractivity contribution in [3.63, 3.8) is 0 Å². The molecule has 2 rings (SSSR count). The standard InChI is InChI=1S/C14H16F3NO3/c1-10(19)18-6-7-20-9-13(8-18)21-12-4-2-11(3-5-12)14(15,16)17/h2-5,13H,6-9H2,1H3/t13-/m1/s1. The average Bonchev–Trinajstić information content (AvgIpc) is 2.64. The van der Waals surface area contributed by atoms with E-state index in [2.05, 4.69) is 0 Å². The summed E-state index contributed by atoms with van der Waals surface area (Å²) in [5, 5.41) is 0. The molecule has 1 saturated heterocycles. The Morgan fingerprint density at radius 1 is 1.33 bits per heavy atom. The van der Waals surface area contributed by atoms with Crippen LogP contribution in [-0.4, -0.2) is 43.2 Å². The first-order valence-corrected chi connectivity index (χ1v) is 6.53. The number of benzene rings is 1. The highest BCUT2D eigenvalue weighted by Crippen LogP contribution is 2.30. The van der Waals surface area contributed by atoms with Crippen molar-refractivity contribution in [3.05, 3.63) is 29.8 Å². The summed E-state index contributed by atoms with van der Waals surface area (Å²) in [5.74, 6) is 0.239. The molecule has 1 heterocycles. The summed E-state index contributed by atoms with van der Waals surface area (Å²) in [6.07, 6.45) is -4.76. The maximum atomic E-state index is 12.5. The molecule has 0 radical (unpaired) electrons. The van der Waals surface area contributed by atoms with E-state index in [0.717, 1.165) is 12.1 Å². The zero-order valence-corrected chi connectivity index (χ0v) is 11.5. The molecule has 4 nitrogen and oxygen atoms in total. The number of hydrogen-bond donors (Lipinski definition) is 0. The monoisotopic (exact) mass is 303 g/mol. The molecular weight excluding hydrogens is 287 g/mol. The lowest BCUT2D eigenvalue weighted by Crippen LogP contribution is -2.38. The third kappa shape index (κ3) is 4.35. The number of rotatable bonds is 2. The minimum absolute atomic E-state index is 0.0819. The van der Waals surface area contributed by atoms with Gasteiger partial charge in [0.2, 0.25) is 5.91 Å². The average molecular weight is 303 g/mol. The van der Waals surface area contributed by atoms with Crippen molar-refractivity contribution >= 4 is 5.91 Å². The first-order chi connectivity index (χ1) is 9.86. The van der Waals surface area contributed by atoms with Crippen LogP contribution >= 0.6 is 0 Å². The number of ether oxygens (including phenoxy) is 2. The van der Waals surface area contributed by atoms with Crippen molar-refractivity contribution in [1.29, 1.82) is 0 Å². The summed E-state index contributed by atoms with van der Waals surface area (Å²) >= 11 is 0. The topological polar surface area (TPSA) is 38.8 Å². The molecule has 1 fully saturated rings. The molecule has 1 aromatic rings. The van der Waals surface area contributed by atoms with Gasteiger partial charge in [-0.25, -0.2) is 0 Å². The minimum Gasteiger partial charge on any atom is -0.486 e. The van der Waals surface area contributed by atoms with Crippen molar-refractivity contribution < 1.29 is 27.4 Å². The van der Waals surface area contributed by atoms with Gasteiger partial charge in [-0.05, 0) is 24.3 Å². The zero-order valence-electron chi connectivity index (χ0n) is 11.5. The lowest BCUT2D eigenvalue weighted by atomic mass is 10.2. The van der Waals surface area contributed by atoms with Gasteiger partial charge in [0.05, 0.1) is 25.3 Å². The van der Waals surface area contributed by atoms with E-state index in [1.165, 1.54) is 19.1 Å². The Bertz CT molecular complexity index is 487. The second-order valence-electron chi connectivity index (χ2n) is 4.80. The van der Waals surface area contributed by atoms with Crippen LogP contribution in [0.5, 0.6) is 5.75 Å². The lowest BCUT2D eigenvalue weighted by molar-refractivity contribution is -0.137. The van der Waals surface area contributed by atoms with E-state index in [-0.39, 0.29) is 5.91 Å². The van der Waals surface area contributed by atoms with Crippen LogP contribution in [0, 0.1) is 0 Å². The van der Waals surface area contributed by atoms with E-state index in [4.69, 9.17) is 9.47 Å². The summed E-state index contributed by atoms with van der Waals surface area (Å²) in [6, 6.07) is 4.48. The highest BCUT2D eigenvalue weighted by atomic mass is 19.4. The summed E-state index contributed by atoms with van der Waals surface area (Å²) < 4.78 is 48.3. The fourth-order valence-electron chi connectivity index (χ4n) is 2.05. The number of carbonyl (C=O) groups excluding carboxylic acids is 1. The predicted molar refractivity (Wildman–Crippen MR) is 68.9 cm³/mol. The van der Waals surface area contributed by atoms with Gasteiger partial charge in [-0.2, -0.15) is 13.2 Å². The van der Waals surface area contributed by atoms with Gasteiger partial charge in [-0.15, -0.1) is 0 Å². The summed E-state index contributed by atoms with van der Waals surface area (Å²) in [5.41, 5.74) is -0.725. The van der Waals surface area contributed by atoms with E-state index in [0.29, 0.717) is 32.1 Å². The van der Waals surface area contributed by atoms with E-state index in [1.807, 2.05) is 0 Å². The van der Waals surface area contributed by atoms with Crippen LogP contribution in [0.15, 0.2) is 24.3 Å². The Hall–Kier alpha value is -1.76. The molecule has 1 amide bonds. The van der Waals surface area contributed by atoms with Crippen molar-refractivity contribution in [2.75, 3.05) is 26.3 Å². The Labute approximate surface area is 120 Å². The van der Waals surface area contributed by atoms with E-state index >= 15 is 0 Å². The van der Waals surface area contributed by atoms with Crippen LogP contribution in [0.25, 0.3) is 0 Å². The highest BCUT2D eigenvalue weighted by Gasteiger charge is 2.30. The normalized spacial score (nSPS) is 20.0. The van der Waals surface area contributed by atoms with Crippen LogP contribution in [0.4, 0.5) is 13.2 Å². The van der Waals surface area contributed by atoms with Crippen LogP contribution < -0.4 is 4.74 Å². The molecule has 1 aliphatic rings. The summed E-state index contributed by atoms with van der Waals surface area (Å²) in [7, 11) is 0. The molecule has 0 aromatic heterocycles. The molecule has 0 spiro atoms. The van der Waals surface area contributed by atoms with Crippen LogP contribution in [0.1, 0.15) is 12.5 Å². The molecule has 0 bridgehead atoms. The van der Waals surface area contributed by atoms with Gasteiger partial charge in [0.25, 0.3) is 0 Å². The van der Waals surface area contributed by atoms with E-state index in [1.54, 1.807) is 4.90 Å². The van der Waals surface area contributed by atoms with Crippen molar-refractivity contribution in [1.82, 2.24) is 4.90 Å². The molecule has 7 heteroatoms. The van der Waals surface area contributed by atoms with Crippen molar-refractivity contribution in [2.45, 2.75) is 19.2 Å². The maximum absolute atomic E-state index is 12.5. The third-order valence-electron chi connectivity index (χ3n) is 3.16. The second kappa shape index (κ2) is 6.34.